The molecule has 0 aliphatic carbocycles. The Balaban J connectivity index is 1.62. The second-order valence-corrected chi connectivity index (χ2v) is 9.66. The van der Waals surface area contributed by atoms with Crippen LogP contribution in [0.5, 0.6) is 0 Å². The number of quaternary nitrogens is 1. The van der Waals surface area contributed by atoms with Crippen molar-refractivity contribution >= 4 is 26.7 Å². The molecule has 0 saturated carbocycles. The van der Waals surface area contributed by atoms with Crippen molar-refractivity contribution in [3.63, 3.8) is 0 Å². The molecule has 1 aliphatic rings. The molecule has 1 amide bonds. The van der Waals surface area contributed by atoms with Gasteiger partial charge in [0, 0.05) is 13.1 Å². The van der Waals surface area contributed by atoms with Gasteiger partial charge in [-0.05, 0) is 35.7 Å². The molecular formula is C22H32N3O3S+. The first-order chi connectivity index (χ1) is 14.0. The fourth-order valence-electron chi connectivity index (χ4n) is 3.92. The molecule has 6 nitrogen and oxygen atoms in total. The first-order valence-electron chi connectivity index (χ1n) is 10.6. The standard InChI is InChI=1S/C22H31N3O3S/c1-3-11-24(12-4-2)22(26)18-23-13-15-25(16-14-23)29(27,28)21-10-9-19-7-5-6-8-20(19)17-21/h5-10,17H,3-4,11-16,18H2,1-2H3/p+1. The van der Waals surface area contributed by atoms with Gasteiger partial charge >= 0.3 is 0 Å². The van der Waals surface area contributed by atoms with Gasteiger partial charge in [-0.3, -0.25) is 4.79 Å². The fourth-order valence-corrected chi connectivity index (χ4v) is 5.40. The van der Waals surface area contributed by atoms with Gasteiger partial charge < -0.3 is 9.80 Å². The molecule has 0 unspecified atom stereocenters. The molecule has 1 saturated heterocycles. The summed E-state index contributed by atoms with van der Waals surface area (Å²) in [6, 6.07) is 13.1. The van der Waals surface area contributed by atoms with E-state index >= 15 is 0 Å². The van der Waals surface area contributed by atoms with Crippen LogP contribution in [0.15, 0.2) is 47.4 Å². The van der Waals surface area contributed by atoms with E-state index in [1.807, 2.05) is 35.2 Å². The van der Waals surface area contributed by atoms with Crippen molar-refractivity contribution in [3.8, 4) is 0 Å². The van der Waals surface area contributed by atoms with E-state index in [-0.39, 0.29) is 5.91 Å². The molecule has 1 heterocycles. The predicted octanol–water partition coefficient (Wildman–Crippen LogP) is 1.38. The van der Waals surface area contributed by atoms with E-state index in [0.29, 0.717) is 37.6 Å². The van der Waals surface area contributed by atoms with Crippen LogP contribution in [0.4, 0.5) is 0 Å². The number of hydrogen-bond acceptors (Lipinski definition) is 3. The number of piperazine rings is 1. The van der Waals surface area contributed by atoms with Gasteiger partial charge in [-0.2, -0.15) is 4.31 Å². The van der Waals surface area contributed by atoms with Crippen LogP contribution >= 0.6 is 0 Å². The highest BCUT2D eigenvalue weighted by Crippen LogP contribution is 2.21. The molecule has 0 aromatic heterocycles. The van der Waals surface area contributed by atoms with Crippen molar-refractivity contribution in [2.45, 2.75) is 31.6 Å². The number of fused-ring (bicyclic) bond motifs is 1. The fraction of sp³-hybridized carbons (Fsp3) is 0.500. The zero-order valence-corrected chi connectivity index (χ0v) is 18.2. The summed E-state index contributed by atoms with van der Waals surface area (Å²) in [6.45, 7) is 8.40. The van der Waals surface area contributed by atoms with E-state index in [4.69, 9.17) is 0 Å². The molecule has 0 radical (unpaired) electrons. The summed E-state index contributed by atoms with van der Waals surface area (Å²) in [4.78, 5) is 16.0. The Labute approximate surface area is 174 Å². The highest BCUT2D eigenvalue weighted by Gasteiger charge is 2.31. The molecule has 0 atom stereocenters. The maximum absolute atomic E-state index is 13.1. The number of carbonyl (C=O) groups excluding carboxylic acids is 1. The lowest BCUT2D eigenvalue weighted by Gasteiger charge is -2.32. The Morgan fingerprint density at radius 3 is 2.24 bits per heavy atom. The largest absolute Gasteiger partial charge is 0.338 e. The lowest BCUT2D eigenvalue weighted by Crippen LogP contribution is -3.15. The van der Waals surface area contributed by atoms with Gasteiger partial charge in [0.2, 0.25) is 10.0 Å². The molecule has 0 bridgehead atoms. The summed E-state index contributed by atoms with van der Waals surface area (Å²) in [5, 5.41) is 1.96. The average molecular weight is 419 g/mol. The minimum atomic E-state index is -3.51. The normalized spacial score (nSPS) is 16.2. The quantitative estimate of drug-likeness (QED) is 0.705. The average Bonchev–Trinajstić information content (AvgIpc) is 2.73. The Morgan fingerprint density at radius 1 is 1.00 bits per heavy atom. The SMILES string of the molecule is CCCN(CCC)C(=O)C[NH+]1CCN(S(=O)(=O)c2ccc3ccccc3c2)CC1. The molecule has 2 aromatic rings. The molecule has 29 heavy (non-hydrogen) atoms. The number of hydrogen-bond donors (Lipinski definition) is 1. The zero-order valence-electron chi connectivity index (χ0n) is 17.4. The zero-order chi connectivity index (χ0) is 20.9. The van der Waals surface area contributed by atoms with Crippen LogP contribution in [0, 0.1) is 0 Å². The molecule has 3 rings (SSSR count). The smallest absolute Gasteiger partial charge is 0.277 e. The Kier molecular flexibility index (Phi) is 7.27. The van der Waals surface area contributed by atoms with Crippen molar-refractivity contribution < 1.29 is 18.1 Å². The van der Waals surface area contributed by atoms with Gasteiger partial charge in [0.1, 0.15) is 0 Å². The number of amides is 1. The van der Waals surface area contributed by atoms with Gasteiger partial charge in [-0.15, -0.1) is 0 Å². The van der Waals surface area contributed by atoms with Crippen LogP contribution in [0.25, 0.3) is 10.8 Å². The monoisotopic (exact) mass is 418 g/mol. The lowest BCUT2D eigenvalue weighted by atomic mass is 10.1. The molecule has 1 fully saturated rings. The minimum Gasteiger partial charge on any atom is -0.338 e. The number of nitrogens with one attached hydrogen (secondary N) is 1. The summed E-state index contributed by atoms with van der Waals surface area (Å²) >= 11 is 0. The lowest BCUT2D eigenvalue weighted by molar-refractivity contribution is -0.896. The maximum atomic E-state index is 13.1. The summed E-state index contributed by atoms with van der Waals surface area (Å²) < 4.78 is 27.7. The van der Waals surface area contributed by atoms with Crippen molar-refractivity contribution in [1.29, 1.82) is 0 Å². The molecule has 7 heteroatoms. The maximum Gasteiger partial charge on any atom is 0.277 e. The number of benzene rings is 2. The summed E-state index contributed by atoms with van der Waals surface area (Å²) in [5.74, 6) is 0.175. The second kappa shape index (κ2) is 9.69. The van der Waals surface area contributed by atoms with Gasteiger partial charge in [0.15, 0.2) is 6.54 Å². The number of carbonyl (C=O) groups is 1. The van der Waals surface area contributed by atoms with Crippen molar-refractivity contribution in [2.24, 2.45) is 0 Å². The van der Waals surface area contributed by atoms with Crippen LogP contribution < -0.4 is 4.90 Å². The number of sulfonamides is 1. The first kappa shape index (κ1) is 21.7. The Bertz CT molecular complexity index is 931. The van der Waals surface area contributed by atoms with E-state index in [9.17, 15) is 13.2 Å². The summed E-state index contributed by atoms with van der Waals surface area (Å²) in [5.41, 5.74) is 0. The third kappa shape index (κ3) is 5.15. The van der Waals surface area contributed by atoms with E-state index in [1.54, 1.807) is 16.4 Å². The first-order valence-corrected chi connectivity index (χ1v) is 12.0. The van der Waals surface area contributed by atoms with Crippen LogP contribution in [-0.2, 0) is 14.8 Å². The minimum absolute atomic E-state index is 0.175. The number of nitrogens with zero attached hydrogens (tertiary/aromatic N) is 2. The van der Waals surface area contributed by atoms with E-state index in [0.717, 1.165) is 41.6 Å². The number of rotatable bonds is 8. The molecule has 0 spiro atoms. The predicted molar refractivity (Wildman–Crippen MR) is 115 cm³/mol. The summed E-state index contributed by atoms with van der Waals surface area (Å²) in [7, 11) is -3.51. The van der Waals surface area contributed by atoms with Gasteiger partial charge in [-0.25, -0.2) is 8.42 Å². The highest BCUT2D eigenvalue weighted by molar-refractivity contribution is 7.89. The third-order valence-electron chi connectivity index (χ3n) is 5.53. The highest BCUT2D eigenvalue weighted by atomic mass is 32.2. The summed E-state index contributed by atoms with van der Waals surface area (Å²) in [6.07, 6.45) is 1.91. The van der Waals surface area contributed by atoms with Gasteiger partial charge in [0.25, 0.3) is 5.91 Å². The third-order valence-corrected chi connectivity index (χ3v) is 7.42. The van der Waals surface area contributed by atoms with E-state index < -0.39 is 10.0 Å². The molecule has 1 N–H and O–H groups in total. The Morgan fingerprint density at radius 2 is 1.62 bits per heavy atom. The molecule has 158 valence electrons. The van der Waals surface area contributed by atoms with Gasteiger partial charge in [0.05, 0.1) is 31.1 Å². The van der Waals surface area contributed by atoms with E-state index in [2.05, 4.69) is 13.8 Å². The van der Waals surface area contributed by atoms with Crippen LogP contribution in [0.2, 0.25) is 0 Å². The van der Waals surface area contributed by atoms with Gasteiger partial charge in [-0.1, -0.05) is 44.2 Å². The second-order valence-electron chi connectivity index (χ2n) is 7.72. The molecule has 1 aliphatic heterocycles. The molecule has 2 aromatic carbocycles. The van der Waals surface area contributed by atoms with Crippen molar-refractivity contribution in [3.05, 3.63) is 42.5 Å². The Hall–Kier alpha value is -1.96. The van der Waals surface area contributed by atoms with Crippen molar-refractivity contribution in [2.75, 3.05) is 45.8 Å². The topological polar surface area (TPSA) is 62.1 Å². The van der Waals surface area contributed by atoms with E-state index in [1.165, 1.54) is 0 Å². The van der Waals surface area contributed by atoms with Crippen LogP contribution in [0.1, 0.15) is 26.7 Å². The van der Waals surface area contributed by atoms with Crippen molar-refractivity contribution in [1.82, 2.24) is 9.21 Å². The van der Waals surface area contributed by atoms with Crippen LogP contribution in [0.3, 0.4) is 0 Å². The molecular weight excluding hydrogens is 386 g/mol. The van der Waals surface area contributed by atoms with Crippen LogP contribution in [-0.4, -0.2) is 69.3 Å².